The Balaban J connectivity index is 1.64. The molecule has 0 spiro atoms. The number of aromatic nitrogens is 1. The Morgan fingerprint density at radius 1 is 0.840 bits per heavy atom. The van der Waals surface area contributed by atoms with Gasteiger partial charge in [0.1, 0.15) is 0 Å². The molecule has 0 atom stereocenters. The van der Waals surface area contributed by atoms with Crippen molar-refractivity contribution in [2.45, 2.75) is 0 Å². The summed E-state index contributed by atoms with van der Waals surface area (Å²) in [7, 11) is 0. The van der Waals surface area contributed by atoms with Gasteiger partial charge in [-0.15, -0.1) is 0 Å². The Kier molecular flexibility index (Phi) is 3.71. The van der Waals surface area contributed by atoms with Gasteiger partial charge >= 0.3 is 0 Å². The Morgan fingerprint density at radius 2 is 1.48 bits per heavy atom. The fraction of sp³-hybridized carbons (Fsp3) is 0. The first-order valence-electron chi connectivity index (χ1n) is 7.60. The molecule has 6 heteroatoms. The standard InChI is InChI=1S/C19H12ClN3O2/c20-13-7-9-14(10-8-13)22-11-3-4-15(22)12-21-23-18(24)16-5-1-2-6-17(16)19(23)25/h1-12H/b21-12-. The first-order valence-corrected chi connectivity index (χ1v) is 7.98. The number of halogens is 1. The molecule has 2 aromatic carbocycles. The molecule has 2 amide bonds. The van der Waals surface area contributed by atoms with Gasteiger partial charge in [0.2, 0.25) is 0 Å². The van der Waals surface area contributed by atoms with Crippen LogP contribution in [-0.2, 0) is 0 Å². The maximum absolute atomic E-state index is 12.3. The normalized spacial score (nSPS) is 13.7. The highest BCUT2D eigenvalue weighted by Gasteiger charge is 2.35. The van der Waals surface area contributed by atoms with Gasteiger partial charge in [-0.3, -0.25) is 9.59 Å². The molecule has 0 saturated carbocycles. The highest BCUT2D eigenvalue weighted by molar-refractivity contribution is 6.30. The summed E-state index contributed by atoms with van der Waals surface area (Å²) in [5.74, 6) is -0.831. The lowest BCUT2D eigenvalue weighted by atomic mass is 10.1. The van der Waals surface area contributed by atoms with Crippen LogP contribution >= 0.6 is 11.6 Å². The van der Waals surface area contributed by atoms with Gasteiger partial charge in [0, 0.05) is 16.9 Å². The second-order valence-electron chi connectivity index (χ2n) is 5.49. The van der Waals surface area contributed by atoms with Crippen LogP contribution in [-0.4, -0.2) is 27.6 Å². The molecule has 0 radical (unpaired) electrons. The van der Waals surface area contributed by atoms with Crippen LogP contribution in [0.2, 0.25) is 5.02 Å². The van der Waals surface area contributed by atoms with E-state index in [-0.39, 0.29) is 0 Å². The number of hydrogen-bond donors (Lipinski definition) is 0. The predicted molar refractivity (Wildman–Crippen MR) is 95.3 cm³/mol. The van der Waals surface area contributed by atoms with Crippen molar-refractivity contribution in [1.29, 1.82) is 0 Å². The Morgan fingerprint density at radius 3 is 2.12 bits per heavy atom. The van der Waals surface area contributed by atoms with Crippen LogP contribution in [0.4, 0.5) is 0 Å². The summed E-state index contributed by atoms with van der Waals surface area (Å²) in [6, 6.07) is 17.7. The van der Waals surface area contributed by atoms with E-state index < -0.39 is 11.8 Å². The number of rotatable bonds is 3. The summed E-state index contributed by atoms with van der Waals surface area (Å²) in [5.41, 5.74) is 2.38. The van der Waals surface area contributed by atoms with Crippen LogP contribution in [0, 0.1) is 0 Å². The minimum Gasteiger partial charge on any atom is -0.316 e. The van der Waals surface area contributed by atoms with Gasteiger partial charge in [0.05, 0.1) is 23.0 Å². The molecule has 0 unspecified atom stereocenters. The molecular weight excluding hydrogens is 338 g/mol. The van der Waals surface area contributed by atoms with Gasteiger partial charge in [-0.1, -0.05) is 23.7 Å². The molecule has 0 N–H and O–H groups in total. The summed E-state index contributed by atoms with van der Waals surface area (Å²) in [5, 5.41) is 5.65. The van der Waals surface area contributed by atoms with E-state index >= 15 is 0 Å². The maximum atomic E-state index is 12.3. The summed E-state index contributed by atoms with van der Waals surface area (Å²) in [4.78, 5) is 24.7. The zero-order valence-electron chi connectivity index (χ0n) is 13.0. The monoisotopic (exact) mass is 349 g/mol. The first-order chi connectivity index (χ1) is 12.1. The first kappa shape index (κ1) is 15.4. The van der Waals surface area contributed by atoms with Gasteiger partial charge in [-0.2, -0.15) is 10.1 Å². The minimum atomic E-state index is -0.415. The summed E-state index contributed by atoms with van der Waals surface area (Å²) in [6.45, 7) is 0. The number of nitrogens with zero attached hydrogens (tertiary/aromatic N) is 3. The van der Waals surface area contributed by atoms with Gasteiger partial charge in [0.25, 0.3) is 11.8 Å². The van der Waals surface area contributed by atoms with Gasteiger partial charge in [0.15, 0.2) is 0 Å². The largest absolute Gasteiger partial charge is 0.316 e. The number of hydrogen-bond acceptors (Lipinski definition) is 3. The lowest BCUT2D eigenvalue weighted by Gasteiger charge is -2.08. The number of benzene rings is 2. The molecule has 0 bridgehead atoms. The average Bonchev–Trinajstić information content (AvgIpc) is 3.19. The molecule has 1 aliphatic rings. The van der Waals surface area contributed by atoms with E-state index in [1.165, 1.54) is 6.21 Å². The summed E-state index contributed by atoms with van der Waals surface area (Å²) >= 11 is 5.92. The zero-order valence-corrected chi connectivity index (χ0v) is 13.7. The van der Waals surface area contributed by atoms with Crippen molar-refractivity contribution in [3.63, 3.8) is 0 Å². The fourth-order valence-corrected chi connectivity index (χ4v) is 2.86. The van der Waals surface area contributed by atoms with Crippen molar-refractivity contribution in [2.24, 2.45) is 5.10 Å². The van der Waals surface area contributed by atoms with Crippen molar-refractivity contribution in [2.75, 3.05) is 0 Å². The Labute approximate surface area is 148 Å². The van der Waals surface area contributed by atoms with E-state index in [4.69, 9.17) is 11.6 Å². The maximum Gasteiger partial charge on any atom is 0.282 e. The van der Waals surface area contributed by atoms with Crippen molar-refractivity contribution < 1.29 is 9.59 Å². The number of fused-ring (bicyclic) bond motifs is 1. The number of carbonyl (C=O) groups is 2. The predicted octanol–water partition coefficient (Wildman–Crippen LogP) is 3.76. The van der Waals surface area contributed by atoms with Crippen LogP contribution in [0.1, 0.15) is 26.4 Å². The molecule has 0 aliphatic carbocycles. The SMILES string of the molecule is O=C1c2ccccc2C(=O)N1/N=C\c1cccn1-c1ccc(Cl)cc1. The van der Waals surface area contributed by atoms with E-state index in [1.807, 2.05) is 35.0 Å². The second-order valence-corrected chi connectivity index (χ2v) is 5.93. The average molecular weight is 350 g/mol. The molecule has 4 rings (SSSR count). The zero-order chi connectivity index (χ0) is 17.4. The molecule has 1 aliphatic heterocycles. The smallest absolute Gasteiger partial charge is 0.282 e. The van der Waals surface area contributed by atoms with E-state index in [1.54, 1.807) is 36.4 Å². The van der Waals surface area contributed by atoms with Crippen LogP contribution in [0.25, 0.3) is 5.69 Å². The third-order valence-corrected chi connectivity index (χ3v) is 4.22. The molecule has 0 fully saturated rings. The van der Waals surface area contributed by atoms with Crippen molar-refractivity contribution in [3.05, 3.63) is 88.7 Å². The number of amides is 2. The molecule has 1 aromatic heterocycles. The number of imide groups is 1. The van der Waals surface area contributed by atoms with Crippen molar-refractivity contribution in [3.8, 4) is 5.69 Å². The molecule has 2 heterocycles. The molecule has 0 saturated heterocycles. The van der Waals surface area contributed by atoms with Crippen LogP contribution in [0.3, 0.4) is 0 Å². The molecule has 122 valence electrons. The van der Waals surface area contributed by atoms with Gasteiger partial charge in [-0.05, 0) is 48.5 Å². The lowest BCUT2D eigenvalue weighted by molar-refractivity contribution is 0.0660. The van der Waals surface area contributed by atoms with E-state index in [2.05, 4.69) is 5.10 Å². The minimum absolute atomic E-state index is 0.373. The third kappa shape index (κ3) is 2.64. The van der Waals surface area contributed by atoms with Crippen molar-refractivity contribution >= 4 is 29.6 Å². The lowest BCUT2D eigenvalue weighted by Crippen LogP contribution is -2.24. The van der Waals surface area contributed by atoms with E-state index in [0.717, 1.165) is 16.4 Å². The van der Waals surface area contributed by atoms with Gasteiger partial charge < -0.3 is 4.57 Å². The highest BCUT2D eigenvalue weighted by atomic mass is 35.5. The molecule has 5 nitrogen and oxygen atoms in total. The highest BCUT2D eigenvalue weighted by Crippen LogP contribution is 2.22. The second kappa shape index (κ2) is 6.03. The Hall–Kier alpha value is -3.18. The quantitative estimate of drug-likeness (QED) is 0.534. The topological polar surface area (TPSA) is 54.7 Å². The number of hydrazone groups is 1. The molecule has 3 aromatic rings. The number of carbonyl (C=O) groups excluding carboxylic acids is 2. The molecular formula is C19H12ClN3O2. The molecule has 25 heavy (non-hydrogen) atoms. The van der Waals surface area contributed by atoms with E-state index in [0.29, 0.717) is 16.1 Å². The summed E-state index contributed by atoms with van der Waals surface area (Å²) < 4.78 is 1.89. The fourth-order valence-electron chi connectivity index (χ4n) is 2.73. The third-order valence-electron chi connectivity index (χ3n) is 3.96. The Bertz CT molecular complexity index is 971. The van der Waals surface area contributed by atoms with Crippen molar-refractivity contribution in [1.82, 2.24) is 9.58 Å². The van der Waals surface area contributed by atoms with Crippen LogP contribution in [0.15, 0.2) is 72.0 Å². The van der Waals surface area contributed by atoms with Crippen LogP contribution < -0.4 is 0 Å². The summed E-state index contributed by atoms with van der Waals surface area (Å²) in [6.07, 6.45) is 3.36. The van der Waals surface area contributed by atoms with E-state index in [9.17, 15) is 9.59 Å². The van der Waals surface area contributed by atoms with Crippen LogP contribution in [0.5, 0.6) is 0 Å². The van der Waals surface area contributed by atoms with Gasteiger partial charge in [-0.25, -0.2) is 0 Å².